The summed E-state index contributed by atoms with van der Waals surface area (Å²) < 4.78 is 5.16. The molecule has 2 fully saturated rings. The fourth-order valence-electron chi connectivity index (χ4n) is 3.53. The van der Waals surface area contributed by atoms with Crippen molar-refractivity contribution in [1.82, 2.24) is 20.4 Å². The molecule has 0 atom stereocenters. The molecule has 3 amide bonds. The number of nitrogens with one attached hydrogen (secondary N) is 2. The lowest BCUT2D eigenvalue weighted by atomic mass is 10.0. The number of likely N-dealkylation sites (tertiary alicyclic amines) is 2. The number of carbonyl (C=O) groups is 2. The average molecular weight is 348 g/mol. The molecule has 3 rings (SSSR count). The maximum atomic E-state index is 12.2. The van der Waals surface area contributed by atoms with Gasteiger partial charge in [-0.2, -0.15) is 0 Å². The van der Waals surface area contributed by atoms with E-state index >= 15 is 0 Å². The lowest BCUT2D eigenvalue weighted by molar-refractivity contribution is 0.0676. The summed E-state index contributed by atoms with van der Waals surface area (Å²) in [7, 11) is 0. The van der Waals surface area contributed by atoms with Crippen LogP contribution in [0.15, 0.2) is 22.8 Å². The van der Waals surface area contributed by atoms with Crippen LogP contribution in [0.5, 0.6) is 0 Å². The van der Waals surface area contributed by atoms with E-state index in [1.54, 1.807) is 17.0 Å². The minimum atomic E-state index is -0.104. The summed E-state index contributed by atoms with van der Waals surface area (Å²) in [5, 5.41) is 5.97. The second-order valence-corrected chi connectivity index (χ2v) is 6.85. The number of amides is 3. The Morgan fingerprint density at radius 3 is 2.56 bits per heavy atom. The Balaban J connectivity index is 1.31. The third kappa shape index (κ3) is 5.22. The van der Waals surface area contributed by atoms with Gasteiger partial charge in [-0.3, -0.25) is 4.79 Å². The number of carbonyl (C=O) groups excluding carboxylic acids is 2. The Kier molecular flexibility index (Phi) is 6.33. The molecule has 2 N–H and O–H groups in total. The van der Waals surface area contributed by atoms with Crippen molar-refractivity contribution in [2.45, 2.75) is 38.1 Å². The van der Waals surface area contributed by atoms with Crippen LogP contribution < -0.4 is 10.6 Å². The maximum absolute atomic E-state index is 12.2. The second-order valence-electron chi connectivity index (χ2n) is 6.85. The number of piperidine rings is 2. The summed E-state index contributed by atoms with van der Waals surface area (Å²) >= 11 is 0. The quantitative estimate of drug-likeness (QED) is 0.848. The molecule has 138 valence electrons. The first-order valence-electron chi connectivity index (χ1n) is 9.32. The highest BCUT2D eigenvalue weighted by molar-refractivity contribution is 5.91. The van der Waals surface area contributed by atoms with Crippen LogP contribution in [0.4, 0.5) is 4.79 Å². The molecule has 0 radical (unpaired) electrons. The molecule has 1 aromatic heterocycles. The Hall–Kier alpha value is -2.02. The lowest BCUT2D eigenvalue weighted by Gasteiger charge is -2.32. The van der Waals surface area contributed by atoms with Crippen molar-refractivity contribution in [3.05, 3.63) is 24.2 Å². The van der Waals surface area contributed by atoms with Crippen LogP contribution in [0.1, 0.15) is 42.7 Å². The van der Waals surface area contributed by atoms with Crippen molar-refractivity contribution in [2.75, 3.05) is 39.3 Å². The van der Waals surface area contributed by atoms with Crippen molar-refractivity contribution in [3.63, 3.8) is 0 Å². The number of hydrogen-bond acceptors (Lipinski definition) is 4. The normalized spacial score (nSPS) is 19.6. The Bertz CT molecular complexity index is 547. The molecule has 0 bridgehead atoms. The van der Waals surface area contributed by atoms with Crippen molar-refractivity contribution >= 4 is 11.9 Å². The molecular formula is C18H28N4O3. The van der Waals surface area contributed by atoms with E-state index in [-0.39, 0.29) is 18.0 Å². The minimum Gasteiger partial charge on any atom is -0.459 e. The molecule has 0 aliphatic carbocycles. The van der Waals surface area contributed by atoms with E-state index in [2.05, 4.69) is 15.5 Å². The van der Waals surface area contributed by atoms with E-state index in [0.29, 0.717) is 25.4 Å². The van der Waals surface area contributed by atoms with Crippen LogP contribution in [0.2, 0.25) is 0 Å². The third-order valence-corrected chi connectivity index (χ3v) is 5.01. The standard InChI is InChI=1S/C18H28N4O3/c23-17(16-5-4-14-25-16)22-11-6-15(7-12-22)20-18(24)19-8-13-21-9-2-1-3-10-21/h4-5,14-15H,1-3,6-13H2,(H2,19,20,24). The number of rotatable bonds is 5. The predicted molar refractivity (Wildman–Crippen MR) is 94.5 cm³/mol. The first-order valence-corrected chi connectivity index (χ1v) is 9.32. The van der Waals surface area contributed by atoms with Gasteiger partial charge in [0.25, 0.3) is 5.91 Å². The van der Waals surface area contributed by atoms with Gasteiger partial charge in [0.05, 0.1) is 6.26 Å². The predicted octanol–water partition coefficient (Wildman–Crippen LogP) is 1.67. The third-order valence-electron chi connectivity index (χ3n) is 5.01. The van der Waals surface area contributed by atoms with Gasteiger partial charge in [-0.05, 0) is 50.9 Å². The molecule has 7 nitrogen and oxygen atoms in total. The van der Waals surface area contributed by atoms with Gasteiger partial charge in [-0.15, -0.1) is 0 Å². The smallest absolute Gasteiger partial charge is 0.315 e. The minimum absolute atomic E-state index is 0.0746. The zero-order valence-electron chi connectivity index (χ0n) is 14.7. The summed E-state index contributed by atoms with van der Waals surface area (Å²) in [4.78, 5) is 28.4. The van der Waals surface area contributed by atoms with Gasteiger partial charge in [0.2, 0.25) is 0 Å². The highest BCUT2D eigenvalue weighted by Crippen LogP contribution is 2.14. The molecule has 2 saturated heterocycles. The summed E-state index contributed by atoms with van der Waals surface area (Å²) in [5.74, 6) is 0.302. The molecule has 0 spiro atoms. The number of furan rings is 1. The molecule has 2 aliphatic rings. The molecule has 7 heteroatoms. The van der Waals surface area contributed by atoms with Crippen molar-refractivity contribution < 1.29 is 14.0 Å². The van der Waals surface area contributed by atoms with Crippen molar-refractivity contribution in [1.29, 1.82) is 0 Å². The number of nitrogens with zero attached hydrogens (tertiary/aromatic N) is 2. The van der Waals surface area contributed by atoms with Gasteiger partial charge >= 0.3 is 6.03 Å². The molecule has 0 aromatic carbocycles. The van der Waals surface area contributed by atoms with E-state index < -0.39 is 0 Å². The molecule has 0 saturated carbocycles. The zero-order chi connectivity index (χ0) is 17.5. The summed E-state index contributed by atoms with van der Waals surface area (Å²) in [5.41, 5.74) is 0. The van der Waals surface area contributed by atoms with E-state index in [1.807, 2.05) is 0 Å². The van der Waals surface area contributed by atoms with Gasteiger partial charge in [0.1, 0.15) is 0 Å². The zero-order valence-corrected chi connectivity index (χ0v) is 14.7. The van der Waals surface area contributed by atoms with Crippen LogP contribution in [-0.4, -0.2) is 67.0 Å². The topological polar surface area (TPSA) is 77.8 Å². The van der Waals surface area contributed by atoms with Gasteiger partial charge in [0.15, 0.2) is 5.76 Å². The maximum Gasteiger partial charge on any atom is 0.315 e. The Labute approximate surface area is 148 Å². The fraction of sp³-hybridized carbons (Fsp3) is 0.667. The molecule has 0 unspecified atom stereocenters. The van der Waals surface area contributed by atoms with Crippen molar-refractivity contribution in [2.24, 2.45) is 0 Å². The largest absolute Gasteiger partial charge is 0.459 e. The lowest BCUT2D eigenvalue weighted by Crippen LogP contribution is -2.50. The number of hydrogen-bond donors (Lipinski definition) is 2. The van der Waals surface area contributed by atoms with Gasteiger partial charge in [0, 0.05) is 32.2 Å². The van der Waals surface area contributed by atoms with E-state index in [4.69, 9.17) is 4.42 Å². The summed E-state index contributed by atoms with van der Waals surface area (Å²) in [6.07, 6.45) is 6.91. The highest BCUT2D eigenvalue weighted by atomic mass is 16.3. The summed E-state index contributed by atoms with van der Waals surface area (Å²) in [6, 6.07) is 3.42. The van der Waals surface area contributed by atoms with E-state index in [0.717, 1.165) is 32.5 Å². The molecule has 3 heterocycles. The molecule has 1 aromatic rings. The number of urea groups is 1. The van der Waals surface area contributed by atoms with Crippen molar-refractivity contribution in [3.8, 4) is 0 Å². The monoisotopic (exact) mass is 348 g/mol. The second kappa shape index (κ2) is 8.89. The first kappa shape index (κ1) is 17.8. The van der Waals surface area contributed by atoms with Crippen LogP contribution >= 0.6 is 0 Å². The van der Waals surface area contributed by atoms with Gasteiger partial charge in [-0.25, -0.2) is 4.79 Å². The van der Waals surface area contributed by atoms with Crippen LogP contribution in [0.3, 0.4) is 0 Å². The van der Waals surface area contributed by atoms with Crippen LogP contribution in [0.25, 0.3) is 0 Å². The van der Waals surface area contributed by atoms with Gasteiger partial charge < -0.3 is 24.9 Å². The molecule has 25 heavy (non-hydrogen) atoms. The average Bonchev–Trinajstić information content (AvgIpc) is 3.17. The van der Waals surface area contributed by atoms with Crippen LogP contribution in [0, 0.1) is 0 Å². The SMILES string of the molecule is O=C(NCCN1CCCCC1)NC1CCN(C(=O)c2ccco2)CC1. The van der Waals surface area contributed by atoms with Crippen LogP contribution in [-0.2, 0) is 0 Å². The Morgan fingerprint density at radius 2 is 1.88 bits per heavy atom. The molecular weight excluding hydrogens is 320 g/mol. The van der Waals surface area contributed by atoms with E-state index in [1.165, 1.54) is 25.5 Å². The Morgan fingerprint density at radius 1 is 1.12 bits per heavy atom. The molecule has 2 aliphatic heterocycles. The highest BCUT2D eigenvalue weighted by Gasteiger charge is 2.25. The van der Waals surface area contributed by atoms with Gasteiger partial charge in [-0.1, -0.05) is 6.42 Å². The van der Waals surface area contributed by atoms with E-state index in [9.17, 15) is 9.59 Å². The first-order chi connectivity index (χ1) is 12.2. The summed E-state index contributed by atoms with van der Waals surface area (Å²) in [6.45, 7) is 5.17. The fourth-order valence-corrected chi connectivity index (χ4v) is 3.53.